The topological polar surface area (TPSA) is 29.8 Å². The summed E-state index contributed by atoms with van der Waals surface area (Å²) in [5, 5.41) is 0. The number of pyridine rings is 1. The number of aryl methyl sites for hydroxylation is 1. The van der Waals surface area contributed by atoms with E-state index in [1.54, 1.807) is 0 Å². The van der Waals surface area contributed by atoms with Gasteiger partial charge in [-0.1, -0.05) is 6.58 Å². The number of aromatic nitrogens is 2. The van der Waals surface area contributed by atoms with Crippen molar-refractivity contribution in [3.8, 4) is 17.0 Å². The summed E-state index contributed by atoms with van der Waals surface area (Å²) in [7, 11) is 4.15. The monoisotopic (exact) mass is 335 g/mol. The fourth-order valence-corrected chi connectivity index (χ4v) is 2.79. The van der Waals surface area contributed by atoms with Gasteiger partial charge in [-0.05, 0) is 75.5 Å². The maximum absolute atomic E-state index is 5.69. The predicted octanol–water partition coefficient (Wildman–Crippen LogP) is 4.33. The molecule has 0 unspecified atom stereocenters. The number of hydrogen-bond acceptors (Lipinski definition) is 3. The van der Waals surface area contributed by atoms with Crippen molar-refractivity contribution in [2.24, 2.45) is 0 Å². The summed E-state index contributed by atoms with van der Waals surface area (Å²) in [6, 6.07) is 12.4. The Labute approximate surface area is 149 Å². The molecule has 25 heavy (non-hydrogen) atoms. The Morgan fingerprint density at radius 3 is 2.56 bits per heavy atom. The maximum atomic E-state index is 5.69. The van der Waals surface area contributed by atoms with Crippen molar-refractivity contribution in [1.29, 1.82) is 0 Å². The van der Waals surface area contributed by atoms with Crippen LogP contribution in [0, 0.1) is 6.92 Å². The molecule has 3 aromatic rings. The number of nitrogens with zero attached hydrogens (tertiary/aromatic N) is 3. The minimum Gasteiger partial charge on any atom is -0.489 e. The number of imidazole rings is 1. The van der Waals surface area contributed by atoms with Gasteiger partial charge in [0.15, 0.2) is 0 Å². The van der Waals surface area contributed by atoms with Crippen LogP contribution in [0.25, 0.3) is 16.9 Å². The van der Waals surface area contributed by atoms with Gasteiger partial charge in [-0.3, -0.25) is 0 Å². The van der Waals surface area contributed by atoms with Gasteiger partial charge in [-0.15, -0.1) is 0 Å². The predicted molar refractivity (Wildman–Crippen MR) is 103 cm³/mol. The summed E-state index contributed by atoms with van der Waals surface area (Å²) >= 11 is 0. The second kappa shape index (κ2) is 7.11. The van der Waals surface area contributed by atoms with Crippen LogP contribution >= 0.6 is 0 Å². The van der Waals surface area contributed by atoms with E-state index in [-0.39, 0.29) is 0 Å². The number of rotatable bonds is 6. The molecule has 2 aromatic heterocycles. The molecule has 0 aliphatic carbocycles. The lowest BCUT2D eigenvalue weighted by atomic mass is 10.1. The normalized spacial score (nSPS) is 11.2. The molecule has 0 saturated heterocycles. The van der Waals surface area contributed by atoms with Crippen LogP contribution in [0.15, 0.2) is 54.7 Å². The highest BCUT2D eigenvalue weighted by Gasteiger charge is 2.15. The van der Waals surface area contributed by atoms with Crippen molar-refractivity contribution in [2.45, 2.75) is 20.4 Å². The summed E-state index contributed by atoms with van der Waals surface area (Å²) in [5.74, 6) is 0.848. The molecule has 4 heteroatoms. The molecule has 0 amide bonds. The molecule has 1 aromatic carbocycles. The van der Waals surface area contributed by atoms with E-state index in [1.165, 1.54) is 11.3 Å². The van der Waals surface area contributed by atoms with E-state index >= 15 is 0 Å². The smallest absolute Gasteiger partial charge is 0.137 e. The Morgan fingerprint density at radius 2 is 1.92 bits per heavy atom. The zero-order chi connectivity index (χ0) is 18.0. The summed E-state index contributed by atoms with van der Waals surface area (Å²) in [4.78, 5) is 7.05. The summed E-state index contributed by atoms with van der Waals surface area (Å²) in [6.45, 7) is 9.28. The summed E-state index contributed by atoms with van der Waals surface area (Å²) in [6.07, 6.45) is 2.10. The van der Waals surface area contributed by atoms with Gasteiger partial charge in [0.1, 0.15) is 18.0 Å². The molecule has 4 nitrogen and oxygen atoms in total. The molecule has 0 bridgehead atoms. The first-order valence-electron chi connectivity index (χ1n) is 8.44. The van der Waals surface area contributed by atoms with Crippen LogP contribution in [-0.2, 0) is 6.54 Å². The Morgan fingerprint density at radius 1 is 1.20 bits per heavy atom. The first-order valence-corrected chi connectivity index (χ1v) is 8.44. The van der Waals surface area contributed by atoms with Gasteiger partial charge in [-0.25, -0.2) is 4.98 Å². The van der Waals surface area contributed by atoms with Crippen LogP contribution in [0.2, 0.25) is 0 Å². The zero-order valence-corrected chi connectivity index (χ0v) is 15.4. The average Bonchev–Trinajstić information content (AvgIpc) is 2.90. The molecule has 2 heterocycles. The van der Waals surface area contributed by atoms with E-state index in [2.05, 4.69) is 67.4 Å². The Balaban J connectivity index is 2.00. The molecule has 0 spiro atoms. The minimum atomic E-state index is 0.541. The van der Waals surface area contributed by atoms with Gasteiger partial charge >= 0.3 is 0 Å². The van der Waals surface area contributed by atoms with Crippen molar-refractivity contribution in [3.05, 3.63) is 66.0 Å². The first-order chi connectivity index (χ1) is 11.9. The van der Waals surface area contributed by atoms with E-state index in [1.807, 2.05) is 19.1 Å². The van der Waals surface area contributed by atoms with E-state index in [0.29, 0.717) is 6.61 Å². The largest absolute Gasteiger partial charge is 0.489 e. The molecule has 0 saturated carbocycles. The summed E-state index contributed by atoms with van der Waals surface area (Å²) < 4.78 is 7.87. The highest BCUT2D eigenvalue weighted by molar-refractivity contribution is 5.67. The molecule has 3 rings (SSSR count). The van der Waals surface area contributed by atoms with Gasteiger partial charge < -0.3 is 14.0 Å². The summed E-state index contributed by atoms with van der Waals surface area (Å²) in [5.41, 5.74) is 6.51. The van der Waals surface area contributed by atoms with E-state index in [9.17, 15) is 0 Å². The van der Waals surface area contributed by atoms with Gasteiger partial charge in [0.2, 0.25) is 0 Å². The Bertz CT molecular complexity index is 891. The van der Waals surface area contributed by atoms with E-state index in [0.717, 1.165) is 34.8 Å². The van der Waals surface area contributed by atoms with Crippen LogP contribution < -0.4 is 4.74 Å². The highest BCUT2D eigenvalue weighted by atomic mass is 16.5. The molecular weight excluding hydrogens is 310 g/mol. The van der Waals surface area contributed by atoms with Crippen molar-refractivity contribution < 1.29 is 4.74 Å². The van der Waals surface area contributed by atoms with Gasteiger partial charge in [-0.2, -0.15) is 0 Å². The third kappa shape index (κ3) is 3.91. The molecule has 0 N–H and O–H groups in total. The number of hydrogen-bond donors (Lipinski definition) is 0. The van der Waals surface area contributed by atoms with Gasteiger partial charge in [0, 0.05) is 18.3 Å². The molecule has 0 atom stereocenters. The number of ether oxygens (including phenoxy) is 1. The van der Waals surface area contributed by atoms with Crippen molar-refractivity contribution in [2.75, 3.05) is 20.7 Å². The number of fused-ring (bicyclic) bond motifs is 1. The van der Waals surface area contributed by atoms with Gasteiger partial charge in [0.05, 0.1) is 11.4 Å². The maximum Gasteiger partial charge on any atom is 0.137 e. The molecule has 0 fully saturated rings. The molecule has 0 radical (unpaired) electrons. The van der Waals surface area contributed by atoms with Gasteiger partial charge in [0.25, 0.3) is 0 Å². The second-order valence-electron chi connectivity index (χ2n) is 6.85. The van der Waals surface area contributed by atoms with Crippen LogP contribution in [0.1, 0.15) is 18.2 Å². The average molecular weight is 335 g/mol. The Kier molecular flexibility index (Phi) is 4.91. The lowest BCUT2D eigenvalue weighted by Gasteiger charge is -2.12. The van der Waals surface area contributed by atoms with E-state index < -0.39 is 0 Å². The molecule has 130 valence electrons. The van der Waals surface area contributed by atoms with Crippen LogP contribution in [0.5, 0.6) is 5.75 Å². The third-order valence-electron chi connectivity index (χ3n) is 3.96. The Hall–Kier alpha value is -2.59. The lowest BCUT2D eigenvalue weighted by Crippen LogP contribution is -2.13. The number of benzene rings is 1. The molecular formula is C21H25N3O. The quantitative estimate of drug-likeness (QED) is 0.628. The highest BCUT2D eigenvalue weighted by Crippen LogP contribution is 2.27. The van der Waals surface area contributed by atoms with Crippen molar-refractivity contribution >= 4 is 5.65 Å². The lowest BCUT2D eigenvalue weighted by molar-refractivity contribution is 0.353. The van der Waals surface area contributed by atoms with Crippen molar-refractivity contribution in [3.63, 3.8) is 0 Å². The van der Waals surface area contributed by atoms with Crippen LogP contribution in [0.4, 0.5) is 0 Å². The standard InChI is InChI=1S/C21H25N3O/c1-15(2)14-25-18-8-6-17(7-9-18)21-19(13-23(4)5)24-11-10-16(3)12-20(24)22-21/h6-12H,1,13-14H2,2-5H3. The minimum absolute atomic E-state index is 0.541. The zero-order valence-electron chi connectivity index (χ0n) is 15.4. The SMILES string of the molecule is C=C(C)COc1ccc(-c2nc3cc(C)ccn3c2CN(C)C)cc1. The fraction of sp³-hybridized carbons (Fsp3) is 0.286. The van der Waals surface area contributed by atoms with Crippen molar-refractivity contribution in [1.82, 2.24) is 14.3 Å². The second-order valence-corrected chi connectivity index (χ2v) is 6.85. The van der Waals surface area contributed by atoms with Crippen LogP contribution in [-0.4, -0.2) is 35.0 Å². The molecule has 0 aliphatic rings. The fourth-order valence-electron chi connectivity index (χ4n) is 2.79. The first kappa shape index (κ1) is 17.2. The van der Waals surface area contributed by atoms with E-state index in [4.69, 9.17) is 9.72 Å². The molecule has 0 aliphatic heterocycles. The van der Waals surface area contributed by atoms with Crippen LogP contribution in [0.3, 0.4) is 0 Å². The third-order valence-corrected chi connectivity index (χ3v) is 3.96.